The molecule has 0 saturated carbocycles. The number of rotatable bonds is 6. The summed E-state index contributed by atoms with van der Waals surface area (Å²) in [5.74, 6) is 0.404. The molecule has 0 aliphatic heterocycles. The largest absolute Gasteiger partial charge is 0.365 e. The van der Waals surface area contributed by atoms with Crippen molar-refractivity contribution in [1.82, 2.24) is 15.3 Å². The molecular formula is C20H20N4O. The predicted molar refractivity (Wildman–Crippen MR) is 98.1 cm³/mol. The zero-order chi connectivity index (χ0) is 17.5. The van der Waals surface area contributed by atoms with Gasteiger partial charge in [0.15, 0.2) is 0 Å². The number of amides is 1. The van der Waals surface area contributed by atoms with Gasteiger partial charge in [-0.05, 0) is 18.1 Å². The van der Waals surface area contributed by atoms with E-state index in [0.717, 1.165) is 11.1 Å². The van der Waals surface area contributed by atoms with Crippen LogP contribution in [0.2, 0.25) is 0 Å². The molecule has 1 aromatic heterocycles. The molecule has 3 rings (SSSR count). The Morgan fingerprint density at radius 2 is 1.60 bits per heavy atom. The molecular weight excluding hydrogens is 312 g/mol. The zero-order valence-corrected chi connectivity index (χ0v) is 14.1. The van der Waals surface area contributed by atoms with Gasteiger partial charge in [-0.3, -0.25) is 4.79 Å². The van der Waals surface area contributed by atoms with Gasteiger partial charge in [0.25, 0.3) is 5.91 Å². The van der Waals surface area contributed by atoms with Crippen LogP contribution < -0.4 is 10.6 Å². The monoisotopic (exact) mass is 332 g/mol. The molecule has 126 valence electrons. The average molecular weight is 332 g/mol. The number of hydrogen-bond acceptors (Lipinski definition) is 4. The Labute approximate surface area is 147 Å². The summed E-state index contributed by atoms with van der Waals surface area (Å²) in [5, 5.41) is 6.04. The van der Waals surface area contributed by atoms with Gasteiger partial charge < -0.3 is 10.6 Å². The third kappa shape index (κ3) is 4.88. The van der Waals surface area contributed by atoms with E-state index >= 15 is 0 Å². The van der Waals surface area contributed by atoms with E-state index in [-0.39, 0.29) is 5.91 Å². The average Bonchev–Trinajstić information content (AvgIpc) is 2.67. The highest BCUT2D eigenvalue weighted by atomic mass is 16.1. The first kappa shape index (κ1) is 16.6. The predicted octanol–water partition coefficient (Wildman–Crippen LogP) is 3.33. The van der Waals surface area contributed by atoms with Crippen LogP contribution in [0.3, 0.4) is 0 Å². The van der Waals surface area contributed by atoms with Crippen LogP contribution >= 0.6 is 0 Å². The van der Waals surface area contributed by atoms with E-state index < -0.39 is 0 Å². The fraction of sp³-hybridized carbons (Fsp3) is 0.150. The minimum Gasteiger partial charge on any atom is -0.365 e. The normalized spacial score (nSPS) is 10.3. The number of carbonyl (C=O) groups is 1. The maximum absolute atomic E-state index is 12.1. The first-order chi connectivity index (χ1) is 12.2. The van der Waals surface area contributed by atoms with Crippen LogP contribution in [-0.4, -0.2) is 15.9 Å². The summed E-state index contributed by atoms with van der Waals surface area (Å²) in [6.07, 6.45) is 3.06. The van der Waals surface area contributed by atoms with Crippen LogP contribution in [0.15, 0.2) is 67.0 Å². The molecule has 0 aliphatic carbocycles. The van der Waals surface area contributed by atoms with Crippen molar-refractivity contribution < 1.29 is 4.79 Å². The summed E-state index contributed by atoms with van der Waals surface area (Å²) in [4.78, 5) is 20.5. The Morgan fingerprint density at radius 3 is 2.28 bits per heavy atom. The molecule has 0 radical (unpaired) electrons. The van der Waals surface area contributed by atoms with Gasteiger partial charge in [-0.2, -0.15) is 0 Å². The Balaban J connectivity index is 1.52. The molecule has 0 aliphatic rings. The molecule has 2 N–H and O–H groups in total. The third-order valence-corrected chi connectivity index (χ3v) is 3.77. The summed E-state index contributed by atoms with van der Waals surface area (Å²) in [5.41, 5.74) is 3.74. The minimum atomic E-state index is -0.235. The van der Waals surface area contributed by atoms with E-state index in [4.69, 9.17) is 0 Å². The van der Waals surface area contributed by atoms with Gasteiger partial charge in [0.2, 0.25) is 0 Å². The lowest BCUT2D eigenvalue weighted by molar-refractivity contribution is 0.0945. The lowest BCUT2D eigenvalue weighted by atomic mass is 10.1. The maximum atomic E-state index is 12.1. The SMILES string of the molecule is Cc1ccc(CNc2cnc(C(=O)NCc3ccccc3)cn2)cc1. The first-order valence-corrected chi connectivity index (χ1v) is 8.14. The molecule has 1 amide bonds. The second kappa shape index (κ2) is 8.06. The van der Waals surface area contributed by atoms with Gasteiger partial charge in [-0.25, -0.2) is 9.97 Å². The topological polar surface area (TPSA) is 66.9 Å². The molecule has 0 atom stereocenters. The van der Waals surface area contributed by atoms with Crippen LogP contribution in [0.25, 0.3) is 0 Å². The van der Waals surface area contributed by atoms with Gasteiger partial charge >= 0.3 is 0 Å². The number of aromatic nitrogens is 2. The third-order valence-electron chi connectivity index (χ3n) is 3.77. The number of aryl methyl sites for hydroxylation is 1. The van der Waals surface area contributed by atoms with Crippen LogP contribution in [0.4, 0.5) is 5.82 Å². The first-order valence-electron chi connectivity index (χ1n) is 8.14. The summed E-state index contributed by atoms with van der Waals surface area (Å²) in [7, 11) is 0. The van der Waals surface area contributed by atoms with Crippen molar-refractivity contribution in [2.45, 2.75) is 20.0 Å². The lowest BCUT2D eigenvalue weighted by Crippen LogP contribution is -2.24. The molecule has 25 heavy (non-hydrogen) atoms. The van der Waals surface area contributed by atoms with E-state index in [9.17, 15) is 4.79 Å². The molecule has 0 fully saturated rings. The van der Waals surface area contributed by atoms with Gasteiger partial charge in [-0.15, -0.1) is 0 Å². The molecule has 5 heteroatoms. The molecule has 0 bridgehead atoms. The maximum Gasteiger partial charge on any atom is 0.271 e. The molecule has 0 unspecified atom stereocenters. The number of anilines is 1. The van der Waals surface area contributed by atoms with Gasteiger partial charge in [-0.1, -0.05) is 60.2 Å². The molecule has 0 spiro atoms. The Morgan fingerprint density at radius 1 is 0.880 bits per heavy atom. The van der Waals surface area contributed by atoms with Crippen LogP contribution in [0.1, 0.15) is 27.2 Å². The second-order valence-electron chi connectivity index (χ2n) is 5.79. The highest BCUT2D eigenvalue weighted by molar-refractivity contribution is 5.91. The number of nitrogens with zero attached hydrogens (tertiary/aromatic N) is 2. The van der Waals surface area contributed by atoms with E-state index in [1.807, 2.05) is 30.3 Å². The number of nitrogens with one attached hydrogen (secondary N) is 2. The van der Waals surface area contributed by atoms with Gasteiger partial charge in [0.05, 0.1) is 12.4 Å². The Hall–Kier alpha value is -3.21. The van der Waals surface area contributed by atoms with Gasteiger partial charge in [0.1, 0.15) is 11.5 Å². The smallest absolute Gasteiger partial charge is 0.271 e. The van der Waals surface area contributed by atoms with E-state index in [1.54, 1.807) is 6.20 Å². The Kier molecular flexibility index (Phi) is 5.36. The summed E-state index contributed by atoms with van der Waals surface area (Å²) >= 11 is 0. The quantitative estimate of drug-likeness (QED) is 0.726. The number of benzene rings is 2. The van der Waals surface area contributed by atoms with Crippen molar-refractivity contribution in [3.8, 4) is 0 Å². The standard InChI is InChI=1S/C20H20N4O/c1-15-7-9-17(10-8-15)11-22-19-14-21-18(13-23-19)20(25)24-12-16-5-3-2-4-6-16/h2-10,13-14H,11-12H2,1H3,(H,22,23)(H,24,25). The van der Waals surface area contributed by atoms with Crippen LogP contribution in [-0.2, 0) is 13.1 Å². The van der Waals surface area contributed by atoms with E-state index in [1.165, 1.54) is 11.8 Å². The van der Waals surface area contributed by atoms with Crippen molar-refractivity contribution in [2.75, 3.05) is 5.32 Å². The summed E-state index contributed by atoms with van der Waals surface area (Å²) in [6, 6.07) is 18.0. The highest BCUT2D eigenvalue weighted by Crippen LogP contribution is 2.07. The minimum absolute atomic E-state index is 0.235. The van der Waals surface area contributed by atoms with Gasteiger partial charge in [0, 0.05) is 13.1 Å². The molecule has 0 saturated heterocycles. The molecule has 2 aromatic carbocycles. The highest BCUT2D eigenvalue weighted by Gasteiger charge is 2.07. The van der Waals surface area contributed by atoms with Crippen LogP contribution in [0, 0.1) is 6.92 Å². The molecule has 1 heterocycles. The zero-order valence-electron chi connectivity index (χ0n) is 14.1. The second-order valence-corrected chi connectivity index (χ2v) is 5.79. The van der Waals surface area contributed by atoms with Crippen molar-refractivity contribution >= 4 is 11.7 Å². The van der Waals surface area contributed by atoms with E-state index in [2.05, 4.69) is 51.8 Å². The summed E-state index contributed by atoms with van der Waals surface area (Å²) < 4.78 is 0. The molecule has 5 nitrogen and oxygen atoms in total. The fourth-order valence-electron chi connectivity index (χ4n) is 2.30. The van der Waals surface area contributed by atoms with Crippen molar-refractivity contribution in [2.24, 2.45) is 0 Å². The van der Waals surface area contributed by atoms with E-state index in [0.29, 0.717) is 24.6 Å². The van der Waals surface area contributed by atoms with Crippen LogP contribution in [0.5, 0.6) is 0 Å². The van der Waals surface area contributed by atoms with Crippen molar-refractivity contribution in [3.63, 3.8) is 0 Å². The number of hydrogen-bond donors (Lipinski definition) is 2. The Bertz CT molecular complexity index is 815. The molecule has 3 aromatic rings. The lowest BCUT2D eigenvalue weighted by Gasteiger charge is -2.07. The van der Waals surface area contributed by atoms with Crippen molar-refractivity contribution in [3.05, 3.63) is 89.4 Å². The van der Waals surface area contributed by atoms with Crippen molar-refractivity contribution in [1.29, 1.82) is 0 Å². The number of carbonyl (C=O) groups excluding carboxylic acids is 1. The fourth-order valence-corrected chi connectivity index (χ4v) is 2.30. The summed E-state index contributed by atoms with van der Waals surface area (Å²) in [6.45, 7) is 3.19.